The summed E-state index contributed by atoms with van der Waals surface area (Å²) in [6.45, 7) is 0. The maximum Gasteiger partial charge on any atom is 0.284 e. The molecule has 0 amide bonds. The summed E-state index contributed by atoms with van der Waals surface area (Å²) in [5, 5.41) is 0.434. The highest BCUT2D eigenvalue weighted by atomic mass is 16.5. The van der Waals surface area contributed by atoms with E-state index in [9.17, 15) is 4.79 Å². The summed E-state index contributed by atoms with van der Waals surface area (Å²) in [6, 6.07) is 10.3. The Kier molecular flexibility index (Phi) is 3.89. The molecule has 23 heavy (non-hydrogen) atoms. The summed E-state index contributed by atoms with van der Waals surface area (Å²) in [6.07, 6.45) is 0. The van der Waals surface area contributed by atoms with Crippen LogP contribution in [0.1, 0.15) is 0 Å². The average Bonchev–Trinajstić information content (AvgIpc) is 2.60. The number of benzene rings is 2. The maximum absolute atomic E-state index is 12.1. The van der Waals surface area contributed by atoms with Crippen molar-refractivity contribution in [3.63, 3.8) is 0 Å². The number of nitrogens with zero attached hydrogens (tertiary/aromatic N) is 1. The van der Waals surface area contributed by atoms with Gasteiger partial charge < -0.3 is 18.6 Å². The Morgan fingerprint density at radius 2 is 1.61 bits per heavy atom. The third-order valence-electron chi connectivity index (χ3n) is 3.44. The van der Waals surface area contributed by atoms with Crippen LogP contribution in [0.15, 0.2) is 45.6 Å². The number of hydrogen-bond donors (Lipinski definition) is 0. The molecule has 0 spiro atoms. The molecule has 3 rings (SSSR count). The Hall–Kier alpha value is -3.02. The van der Waals surface area contributed by atoms with Crippen molar-refractivity contribution in [2.45, 2.75) is 0 Å². The Labute approximate surface area is 132 Å². The van der Waals surface area contributed by atoms with E-state index in [1.165, 1.54) is 21.3 Å². The third kappa shape index (κ3) is 2.59. The largest absolute Gasteiger partial charge is 0.493 e. The Balaban J connectivity index is 2.24. The normalized spacial score (nSPS) is 10.6. The fraction of sp³-hybridized carbons (Fsp3) is 0.176. The fourth-order valence-electron chi connectivity index (χ4n) is 2.34. The molecule has 0 N–H and O–H groups in total. The van der Waals surface area contributed by atoms with Crippen molar-refractivity contribution in [3.8, 4) is 28.7 Å². The van der Waals surface area contributed by atoms with Crippen LogP contribution in [0.3, 0.4) is 0 Å². The van der Waals surface area contributed by atoms with Crippen LogP contribution < -0.4 is 19.8 Å². The zero-order valence-corrected chi connectivity index (χ0v) is 13.0. The molecule has 0 saturated heterocycles. The molecule has 6 heteroatoms. The Morgan fingerprint density at radius 1 is 0.957 bits per heavy atom. The first-order valence-electron chi connectivity index (χ1n) is 6.88. The van der Waals surface area contributed by atoms with Gasteiger partial charge in [-0.1, -0.05) is 12.1 Å². The Bertz CT molecular complexity index is 891. The van der Waals surface area contributed by atoms with E-state index in [-0.39, 0.29) is 11.4 Å². The number of methoxy groups -OCH3 is 3. The van der Waals surface area contributed by atoms with Gasteiger partial charge in [0.1, 0.15) is 5.58 Å². The van der Waals surface area contributed by atoms with Crippen molar-refractivity contribution in [2.24, 2.45) is 0 Å². The molecule has 6 nitrogen and oxygen atoms in total. The lowest BCUT2D eigenvalue weighted by Crippen LogP contribution is -2.07. The average molecular weight is 313 g/mol. The topological polar surface area (TPSA) is 70.8 Å². The fourth-order valence-corrected chi connectivity index (χ4v) is 2.34. The Morgan fingerprint density at radius 3 is 2.22 bits per heavy atom. The molecule has 1 heterocycles. The minimum atomic E-state index is -0.351. The van der Waals surface area contributed by atoms with Gasteiger partial charge in [-0.05, 0) is 24.3 Å². The van der Waals surface area contributed by atoms with Crippen LogP contribution >= 0.6 is 0 Å². The van der Waals surface area contributed by atoms with Crippen molar-refractivity contribution in [3.05, 3.63) is 46.8 Å². The standard InChI is InChI=1S/C17H15NO5/c1-20-13-8-10(9-14(21-2)15(13)22-3)17-18-16(19)11-6-4-5-7-12(11)23-17/h4-9H,1-3H3. The van der Waals surface area contributed by atoms with Gasteiger partial charge >= 0.3 is 0 Å². The molecule has 0 atom stereocenters. The molecule has 0 bridgehead atoms. The van der Waals surface area contributed by atoms with Crippen LogP contribution in [0.5, 0.6) is 17.2 Å². The summed E-state index contributed by atoms with van der Waals surface area (Å²) >= 11 is 0. The van der Waals surface area contributed by atoms with Gasteiger partial charge in [-0.2, -0.15) is 4.98 Å². The van der Waals surface area contributed by atoms with Crippen molar-refractivity contribution < 1.29 is 18.6 Å². The highest BCUT2D eigenvalue weighted by molar-refractivity contribution is 5.77. The number of aromatic nitrogens is 1. The molecular formula is C17H15NO5. The monoisotopic (exact) mass is 313 g/mol. The summed E-state index contributed by atoms with van der Waals surface area (Å²) < 4.78 is 21.6. The molecule has 0 aliphatic carbocycles. The van der Waals surface area contributed by atoms with Gasteiger partial charge in [0, 0.05) is 5.56 Å². The maximum atomic E-state index is 12.1. The highest BCUT2D eigenvalue weighted by Crippen LogP contribution is 2.40. The first-order chi connectivity index (χ1) is 11.2. The van der Waals surface area contributed by atoms with Crippen LogP contribution in [0, 0.1) is 0 Å². The van der Waals surface area contributed by atoms with E-state index in [0.29, 0.717) is 33.8 Å². The van der Waals surface area contributed by atoms with Crippen molar-refractivity contribution in [1.29, 1.82) is 0 Å². The van der Waals surface area contributed by atoms with Crippen LogP contribution in [0.4, 0.5) is 0 Å². The molecule has 2 aromatic carbocycles. The summed E-state index contributed by atoms with van der Waals surface area (Å²) in [4.78, 5) is 16.2. The minimum Gasteiger partial charge on any atom is -0.493 e. The van der Waals surface area contributed by atoms with Crippen molar-refractivity contribution in [2.75, 3.05) is 21.3 Å². The molecule has 0 aliphatic heterocycles. The van der Waals surface area contributed by atoms with Crippen LogP contribution in [0.2, 0.25) is 0 Å². The zero-order chi connectivity index (χ0) is 16.4. The lowest BCUT2D eigenvalue weighted by Gasteiger charge is -2.13. The smallest absolute Gasteiger partial charge is 0.284 e. The van der Waals surface area contributed by atoms with Gasteiger partial charge in [-0.25, -0.2) is 0 Å². The molecule has 3 aromatic rings. The minimum absolute atomic E-state index is 0.188. The van der Waals surface area contributed by atoms with E-state index in [2.05, 4.69) is 4.98 Å². The molecule has 0 saturated carbocycles. The van der Waals surface area contributed by atoms with Gasteiger partial charge in [-0.15, -0.1) is 0 Å². The summed E-state index contributed by atoms with van der Waals surface area (Å²) in [5.41, 5.74) is 0.675. The van der Waals surface area contributed by atoms with Gasteiger partial charge in [0.15, 0.2) is 11.5 Å². The highest BCUT2D eigenvalue weighted by Gasteiger charge is 2.17. The van der Waals surface area contributed by atoms with Crippen LogP contribution in [-0.4, -0.2) is 26.3 Å². The SMILES string of the molecule is COc1cc(-c2nc(=O)c3ccccc3o2)cc(OC)c1OC. The van der Waals surface area contributed by atoms with E-state index in [1.807, 2.05) is 0 Å². The lowest BCUT2D eigenvalue weighted by atomic mass is 10.1. The quantitative estimate of drug-likeness (QED) is 0.737. The molecule has 0 unspecified atom stereocenters. The molecule has 118 valence electrons. The number of hydrogen-bond acceptors (Lipinski definition) is 6. The second-order valence-corrected chi connectivity index (χ2v) is 4.73. The molecule has 1 aromatic heterocycles. The zero-order valence-electron chi connectivity index (χ0n) is 13.0. The number of rotatable bonds is 4. The van der Waals surface area contributed by atoms with Crippen LogP contribution in [-0.2, 0) is 0 Å². The lowest BCUT2D eigenvalue weighted by molar-refractivity contribution is 0.324. The summed E-state index contributed by atoms with van der Waals surface area (Å²) in [7, 11) is 4.56. The molecule has 0 aliphatic rings. The third-order valence-corrected chi connectivity index (χ3v) is 3.44. The predicted molar refractivity (Wildman–Crippen MR) is 85.4 cm³/mol. The predicted octanol–water partition coefficient (Wildman–Crippen LogP) is 2.88. The number of ether oxygens (including phenoxy) is 3. The second kappa shape index (κ2) is 6.00. The van der Waals surface area contributed by atoms with E-state index in [4.69, 9.17) is 18.6 Å². The summed E-state index contributed by atoms with van der Waals surface area (Å²) in [5.74, 6) is 1.56. The first-order valence-corrected chi connectivity index (χ1v) is 6.88. The van der Waals surface area contributed by atoms with Gasteiger partial charge in [0.25, 0.3) is 5.56 Å². The van der Waals surface area contributed by atoms with Crippen molar-refractivity contribution >= 4 is 11.0 Å². The van der Waals surface area contributed by atoms with E-state index in [0.717, 1.165) is 0 Å². The first kappa shape index (κ1) is 14.9. The van der Waals surface area contributed by atoms with E-state index >= 15 is 0 Å². The number of fused-ring (bicyclic) bond motifs is 1. The van der Waals surface area contributed by atoms with Crippen molar-refractivity contribution in [1.82, 2.24) is 4.98 Å². The van der Waals surface area contributed by atoms with Gasteiger partial charge in [-0.3, -0.25) is 4.79 Å². The van der Waals surface area contributed by atoms with E-state index in [1.54, 1.807) is 36.4 Å². The van der Waals surface area contributed by atoms with Gasteiger partial charge in [0.2, 0.25) is 11.6 Å². The van der Waals surface area contributed by atoms with Gasteiger partial charge in [0.05, 0.1) is 26.7 Å². The second-order valence-electron chi connectivity index (χ2n) is 4.73. The van der Waals surface area contributed by atoms with E-state index < -0.39 is 0 Å². The molecule has 0 radical (unpaired) electrons. The number of para-hydroxylation sites is 1. The molecule has 0 fully saturated rings. The molecular weight excluding hydrogens is 298 g/mol. The van der Waals surface area contributed by atoms with Crippen LogP contribution in [0.25, 0.3) is 22.4 Å².